The molecule has 2 aromatic heterocycles. The summed E-state index contributed by atoms with van der Waals surface area (Å²) in [5.41, 5.74) is 2.86. The molecule has 0 aliphatic heterocycles. The molecule has 1 atom stereocenters. The SMILES string of the molecule is CCN(c1nc2ccccc2o1)C(C)c1cccnc1. The lowest BCUT2D eigenvalue weighted by atomic mass is 10.1. The third-order valence-corrected chi connectivity index (χ3v) is 3.50. The number of aromatic nitrogens is 2. The summed E-state index contributed by atoms with van der Waals surface area (Å²) in [5, 5.41) is 0. The maximum Gasteiger partial charge on any atom is 0.298 e. The second kappa shape index (κ2) is 5.33. The molecule has 4 nitrogen and oxygen atoms in total. The molecule has 0 saturated heterocycles. The van der Waals surface area contributed by atoms with Crippen LogP contribution in [0, 0.1) is 0 Å². The van der Waals surface area contributed by atoms with E-state index in [4.69, 9.17) is 4.42 Å². The summed E-state index contributed by atoms with van der Waals surface area (Å²) in [7, 11) is 0. The fourth-order valence-corrected chi connectivity index (χ4v) is 2.36. The number of fused-ring (bicyclic) bond motifs is 1. The van der Waals surface area contributed by atoms with Crippen LogP contribution in [-0.2, 0) is 0 Å². The van der Waals surface area contributed by atoms with E-state index >= 15 is 0 Å². The Kier molecular flexibility index (Phi) is 3.37. The second-order valence-corrected chi connectivity index (χ2v) is 4.71. The van der Waals surface area contributed by atoms with Gasteiger partial charge in [-0.3, -0.25) is 4.98 Å². The second-order valence-electron chi connectivity index (χ2n) is 4.71. The third kappa shape index (κ3) is 2.25. The van der Waals surface area contributed by atoms with Crippen LogP contribution in [-0.4, -0.2) is 16.5 Å². The first-order valence-corrected chi connectivity index (χ1v) is 6.81. The van der Waals surface area contributed by atoms with Gasteiger partial charge in [0, 0.05) is 18.9 Å². The highest BCUT2D eigenvalue weighted by molar-refractivity contribution is 5.74. The summed E-state index contributed by atoms with van der Waals surface area (Å²) in [6, 6.07) is 12.7. The Labute approximate surface area is 118 Å². The molecule has 3 aromatic rings. The monoisotopic (exact) mass is 267 g/mol. The summed E-state index contributed by atoms with van der Waals surface area (Å²) < 4.78 is 5.86. The Balaban J connectivity index is 1.97. The first-order chi connectivity index (χ1) is 9.79. The highest BCUT2D eigenvalue weighted by Gasteiger charge is 2.19. The number of para-hydroxylation sites is 2. The number of pyridine rings is 1. The number of oxazole rings is 1. The number of rotatable bonds is 4. The van der Waals surface area contributed by atoms with Crippen molar-refractivity contribution in [2.75, 3.05) is 11.4 Å². The van der Waals surface area contributed by atoms with E-state index in [1.165, 1.54) is 0 Å². The van der Waals surface area contributed by atoms with Crippen molar-refractivity contribution in [1.29, 1.82) is 0 Å². The zero-order valence-corrected chi connectivity index (χ0v) is 11.7. The molecule has 1 aromatic carbocycles. The van der Waals surface area contributed by atoms with Gasteiger partial charge in [0.25, 0.3) is 6.01 Å². The molecule has 0 saturated carbocycles. The fourth-order valence-electron chi connectivity index (χ4n) is 2.36. The molecule has 0 aliphatic rings. The molecule has 20 heavy (non-hydrogen) atoms. The van der Waals surface area contributed by atoms with Crippen molar-refractivity contribution in [3.63, 3.8) is 0 Å². The normalized spacial score (nSPS) is 12.5. The van der Waals surface area contributed by atoms with Gasteiger partial charge in [0.2, 0.25) is 0 Å². The van der Waals surface area contributed by atoms with E-state index in [2.05, 4.69) is 34.8 Å². The molecule has 0 radical (unpaired) electrons. The largest absolute Gasteiger partial charge is 0.423 e. The van der Waals surface area contributed by atoms with Crippen LogP contribution in [0.25, 0.3) is 11.1 Å². The van der Waals surface area contributed by atoms with Crippen molar-refractivity contribution in [3.8, 4) is 0 Å². The van der Waals surface area contributed by atoms with Crippen LogP contribution < -0.4 is 4.90 Å². The van der Waals surface area contributed by atoms with Crippen molar-refractivity contribution in [1.82, 2.24) is 9.97 Å². The lowest BCUT2D eigenvalue weighted by molar-refractivity contribution is 0.539. The summed E-state index contributed by atoms with van der Waals surface area (Å²) in [6.45, 7) is 5.06. The van der Waals surface area contributed by atoms with Gasteiger partial charge >= 0.3 is 0 Å². The van der Waals surface area contributed by atoms with Crippen LogP contribution in [0.1, 0.15) is 25.5 Å². The van der Waals surface area contributed by atoms with Crippen molar-refractivity contribution in [2.45, 2.75) is 19.9 Å². The van der Waals surface area contributed by atoms with E-state index in [0.717, 1.165) is 23.2 Å². The van der Waals surface area contributed by atoms with Gasteiger partial charge in [-0.05, 0) is 37.6 Å². The quantitative estimate of drug-likeness (QED) is 0.721. The summed E-state index contributed by atoms with van der Waals surface area (Å²) >= 11 is 0. The Morgan fingerprint density at radius 3 is 2.75 bits per heavy atom. The van der Waals surface area contributed by atoms with Gasteiger partial charge in [-0.1, -0.05) is 18.2 Å². The number of hydrogen-bond donors (Lipinski definition) is 0. The van der Waals surface area contributed by atoms with E-state index in [1.54, 1.807) is 6.20 Å². The molecule has 2 heterocycles. The third-order valence-electron chi connectivity index (χ3n) is 3.50. The minimum Gasteiger partial charge on any atom is -0.423 e. The minimum absolute atomic E-state index is 0.168. The minimum atomic E-state index is 0.168. The van der Waals surface area contributed by atoms with Gasteiger partial charge in [0.05, 0.1) is 6.04 Å². The average Bonchev–Trinajstić information content (AvgIpc) is 2.92. The first kappa shape index (κ1) is 12.7. The standard InChI is InChI=1S/C16H17N3O/c1-3-19(12(2)13-7-6-10-17-11-13)16-18-14-8-4-5-9-15(14)20-16/h4-12H,3H2,1-2H3. The lowest BCUT2D eigenvalue weighted by Gasteiger charge is -2.26. The number of benzene rings is 1. The van der Waals surface area contributed by atoms with Crippen LogP contribution in [0.3, 0.4) is 0 Å². The molecule has 0 bridgehead atoms. The van der Waals surface area contributed by atoms with Gasteiger partial charge in [0.15, 0.2) is 5.58 Å². The zero-order valence-electron chi connectivity index (χ0n) is 11.7. The van der Waals surface area contributed by atoms with Crippen LogP contribution >= 0.6 is 0 Å². The van der Waals surface area contributed by atoms with Crippen LogP contribution in [0.4, 0.5) is 6.01 Å². The predicted molar refractivity (Wildman–Crippen MR) is 79.7 cm³/mol. The Morgan fingerprint density at radius 1 is 1.20 bits per heavy atom. The Hall–Kier alpha value is -2.36. The Morgan fingerprint density at radius 2 is 2.05 bits per heavy atom. The molecule has 0 fully saturated rings. The number of anilines is 1. The van der Waals surface area contributed by atoms with E-state index in [9.17, 15) is 0 Å². The molecular weight excluding hydrogens is 250 g/mol. The summed E-state index contributed by atoms with van der Waals surface area (Å²) in [4.78, 5) is 10.9. The van der Waals surface area contributed by atoms with Crippen LogP contribution in [0.5, 0.6) is 0 Å². The maximum absolute atomic E-state index is 5.86. The number of hydrogen-bond acceptors (Lipinski definition) is 4. The van der Waals surface area contributed by atoms with Crippen molar-refractivity contribution < 1.29 is 4.42 Å². The maximum atomic E-state index is 5.86. The van der Waals surface area contributed by atoms with E-state index in [1.807, 2.05) is 36.5 Å². The van der Waals surface area contributed by atoms with E-state index in [0.29, 0.717) is 6.01 Å². The smallest absolute Gasteiger partial charge is 0.298 e. The predicted octanol–water partition coefficient (Wildman–Crippen LogP) is 3.81. The molecule has 0 aliphatic carbocycles. The van der Waals surface area contributed by atoms with Crippen molar-refractivity contribution >= 4 is 17.1 Å². The highest BCUT2D eigenvalue weighted by Crippen LogP contribution is 2.28. The summed E-state index contributed by atoms with van der Waals surface area (Å²) in [6.07, 6.45) is 3.67. The molecule has 3 rings (SSSR count). The topological polar surface area (TPSA) is 42.2 Å². The lowest BCUT2D eigenvalue weighted by Crippen LogP contribution is -2.26. The van der Waals surface area contributed by atoms with Crippen molar-refractivity contribution in [2.24, 2.45) is 0 Å². The van der Waals surface area contributed by atoms with E-state index in [-0.39, 0.29) is 6.04 Å². The molecule has 0 amide bonds. The molecule has 0 spiro atoms. The van der Waals surface area contributed by atoms with E-state index < -0.39 is 0 Å². The first-order valence-electron chi connectivity index (χ1n) is 6.81. The van der Waals surface area contributed by atoms with Crippen molar-refractivity contribution in [3.05, 3.63) is 54.4 Å². The molecule has 0 N–H and O–H groups in total. The fraction of sp³-hybridized carbons (Fsp3) is 0.250. The van der Waals surface area contributed by atoms with Gasteiger partial charge in [-0.2, -0.15) is 4.98 Å². The molecule has 4 heteroatoms. The van der Waals surface area contributed by atoms with Gasteiger partial charge in [-0.15, -0.1) is 0 Å². The molecular formula is C16H17N3O. The van der Waals surface area contributed by atoms with Gasteiger partial charge < -0.3 is 9.32 Å². The van der Waals surface area contributed by atoms with Gasteiger partial charge in [0.1, 0.15) is 5.52 Å². The average molecular weight is 267 g/mol. The van der Waals surface area contributed by atoms with Gasteiger partial charge in [-0.25, -0.2) is 0 Å². The summed E-state index contributed by atoms with van der Waals surface area (Å²) in [5.74, 6) is 0. The van der Waals surface area contributed by atoms with Crippen LogP contribution in [0.2, 0.25) is 0 Å². The highest BCUT2D eigenvalue weighted by atomic mass is 16.4. The Bertz CT molecular complexity index is 660. The van der Waals surface area contributed by atoms with Crippen LogP contribution in [0.15, 0.2) is 53.2 Å². The molecule has 1 unspecified atom stereocenters. The molecule has 102 valence electrons. The number of nitrogens with zero attached hydrogens (tertiary/aromatic N) is 3. The zero-order chi connectivity index (χ0) is 13.9.